The number of hydrogen-bond acceptors (Lipinski definition) is 3. The van der Waals surface area contributed by atoms with Crippen LogP contribution in [0.2, 0.25) is 0 Å². The smallest absolute Gasteiger partial charge is 0.326 e. The molecular weight excluding hydrogens is 344 g/mol. The number of carbonyl (C=O) groups excluding carboxylic acids is 2. The first-order valence-corrected chi connectivity index (χ1v) is 9.47. The summed E-state index contributed by atoms with van der Waals surface area (Å²) in [6.07, 6.45) is 1.43. The maximum atomic E-state index is 12.7. The van der Waals surface area contributed by atoms with Gasteiger partial charge >= 0.3 is 5.69 Å². The SMILES string of the molecule is CC(NC(=O)C(C)(C)C)C(=O)N1CCC(n2c(=O)[nH]c3ccccc32)CC1. The van der Waals surface area contributed by atoms with E-state index >= 15 is 0 Å². The molecule has 7 nitrogen and oxygen atoms in total. The summed E-state index contributed by atoms with van der Waals surface area (Å²) in [6.45, 7) is 8.34. The zero-order valence-electron chi connectivity index (χ0n) is 16.4. The van der Waals surface area contributed by atoms with Crippen LogP contribution in [0, 0.1) is 5.41 Å². The normalized spacial score (nSPS) is 17.1. The second kappa shape index (κ2) is 7.21. The van der Waals surface area contributed by atoms with Crippen LogP contribution in [0.15, 0.2) is 29.1 Å². The molecule has 3 rings (SSSR count). The number of aromatic amines is 1. The molecule has 2 N–H and O–H groups in total. The van der Waals surface area contributed by atoms with E-state index in [2.05, 4.69) is 10.3 Å². The Morgan fingerprint density at radius 1 is 1.19 bits per heavy atom. The van der Waals surface area contributed by atoms with Gasteiger partial charge in [0.1, 0.15) is 6.04 Å². The van der Waals surface area contributed by atoms with Crippen molar-refractivity contribution in [3.8, 4) is 0 Å². The number of hydrogen-bond donors (Lipinski definition) is 2. The standard InChI is InChI=1S/C20H28N4O3/c1-13(21-18(26)20(2,3)4)17(25)23-11-9-14(10-12-23)24-16-8-6-5-7-15(16)22-19(24)27/h5-8,13-14H,9-12H2,1-4H3,(H,21,26)(H,22,27). The van der Waals surface area contributed by atoms with E-state index in [1.54, 1.807) is 11.8 Å². The van der Waals surface area contributed by atoms with Gasteiger partial charge in [0, 0.05) is 24.5 Å². The molecule has 2 amide bonds. The number of benzene rings is 1. The molecule has 1 fully saturated rings. The van der Waals surface area contributed by atoms with E-state index in [9.17, 15) is 14.4 Å². The van der Waals surface area contributed by atoms with Crippen LogP contribution in [0.4, 0.5) is 0 Å². The molecular formula is C20H28N4O3. The lowest BCUT2D eigenvalue weighted by Gasteiger charge is -2.34. The quantitative estimate of drug-likeness (QED) is 0.864. The number of fused-ring (bicyclic) bond motifs is 1. The van der Waals surface area contributed by atoms with Crippen molar-refractivity contribution < 1.29 is 9.59 Å². The number of piperidine rings is 1. The summed E-state index contributed by atoms with van der Waals surface area (Å²) < 4.78 is 1.81. The minimum absolute atomic E-state index is 0.0668. The fraction of sp³-hybridized carbons (Fsp3) is 0.550. The fourth-order valence-corrected chi connectivity index (χ4v) is 3.53. The van der Waals surface area contributed by atoms with Crippen LogP contribution in [-0.2, 0) is 9.59 Å². The van der Waals surface area contributed by atoms with Crippen molar-refractivity contribution in [1.82, 2.24) is 19.8 Å². The highest BCUT2D eigenvalue weighted by molar-refractivity contribution is 5.89. The van der Waals surface area contributed by atoms with Crippen molar-refractivity contribution in [3.05, 3.63) is 34.7 Å². The van der Waals surface area contributed by atoms with E-state index in [-0.39, 0.29) is 23.5 Å². The highest BCUT2D eigenvalue weighted by Crippen LogP contribution is 2.25. The lowest BCUT2D eigenvalue weighted by molar-refractivity contribution is -0.139. The number of H-pyrrole nitrogens is 1. The van der Waals surface area contributed by atoms with Gasteiger partial charge in [0.2, 0.25) is 11.8 Å². The van der Waals surface area contributed by atoms with E-state index in [4.69, 9.17) is 0 Å². The van der Waals surface area contributed by atoms with Gasteiger partial charge in [0.15, 0.2) is 0 Å². The minimum atomic E-state index is -0.552. The number of para-hydroxylation sites is 2. The fourth-order valence-electron chi connectivity index (χ4n) is 3.53. The van der Waals surface area contributed by atoms with Crippen molar-refractivity contribution >= 4 is 22.8 Å². The van der Waals surface area contributed by atoms with Crippen LogP contribution < -0.4 is 11.0 Å². The molecule has 2 aromatic rings. The second-order valence-corrected chi connectivity index (χ2v) is 8.32. The largest absolute Gasteiger partial charge is 0.344 e. The molecule has 0 spiro atoms. The summed E-state index contributed by atoms with van der Waals surface area (Å²) in [6, 6.07) is 7.17. The Bertz CT molecular complexity index is 898. The number of aromatic nitrogens is 2. The summed E-state index contributed by atoms with van der Waals surface area (Å²) >= 11 is 0. The molecule has 7 heteroatoms. The maximum absolute atomic E-state index is 12.7. The van der Waals surface area contributed by atoms with Gasteiger partial charge in [-0.1, -0.05) is 32.9 Å². The van der Waals surface area contributed by atoms with E-state index in [0.717, 1.165) is 11.0 Å². The molecule has 0 radical (unpaired) electrons. The van der Waals surface area contributed by atoms with Crippen molar-refractivity contribution in [2.24, 2.45) is 5.41 Å². The lowest BCUT2D eigenvalue weighted by atomic mass is 9.95. The zero-order chi connectivity index (χ0) is 19.8. The molecule has 1 atom stereocenters. The van der Waals surface area contributed by atoms with Crippen LogP contribution in [0.1, 0.15) is 46.6 Å². The van der Waals surface area contributed by atoms with Crippen molar-refractivity contribution in [1.29, 1.82) is 0 Å². The van der Waals surface area contributed by atoms with E-state index in [1.165, 1.54) is 0 Å². The number of amides is 2. The zero-order valence-corrected chi connectivity index (χ0v) is 16.4. The minimum Gasteiger partial charge on any atom is -0.344 e. The molecule has 146 valence electrons. The van der Waals surface area contributed by atoms with Crippen molar-refractivity contribution in [3.63, 3.8) is 0 Å². The molecule has 0 saturated carbocycles. The maximum Gasteiger partial charge on any atom is 0.326 e. The molecule has 1 unspecified atom stereocenters. The van der Waals surface area contributed by atoms with Gasteiger partial charge < -0.3 is 15.2 Å². The topological polar surface area (TPSA) is 87.2 Å². The van der Waals surface area contributed by atoms with Gasteiger partial charge in [-0.15, -0.1) is 0 Å². The van der Waals surface area contributed by atoms with E-state index in [1.807, 2.05) is 49.6 Å². The van der Waals surface area contributed by atoms with E-state index in [0.29, 0.717) is 25.9 Å². The number of likely N-dealkylation sites (tertiary alicyclic amines) is 1. The third-order valence-electron chi connectivity index (χ3n) is 5.16. The van der Waals surface area contributed by atoms with Crippen LogP contribution in [0.25, 0.3) is 11.0 Å². The molecule has 1 aliphatic rings. The average Bonchev–Trinajstić information content (AvgIpc) is 2.96. The lowest BCUT2D eigenvalue weighted by Crippen LogP contribution is -2.51. The summed E-state index contributed by atoms with van der Waals surface area (Å²) in [5.74, 6) is -0.207. The molecule has 0 bridgehead atoms. The van der Waals surface area contributed by atoms with Crippen molar-refractivity contribution in [2.45, 2.75) is 52.6 Å². The first-order valence-electron chi connectivity index (χ1n) is 9.47. The van der Waals surface area contributed by atoms with Gasteiger partial charge in [-0.25, -0.2) is 4.79 Å². The summed E-state index contributed by atoms with van der Waals surface area (Å²) in [5, 5.41) is 2.80. The van der Waals surface area contributed by atoms with Gasteiger partial charge in [-0.2, -0.15) is 0 Å². The molecule has 27 heavy (non-hydrogen) atoms. The Morgan fingerprint density at radius 3 is 2.44 bits per heavy atom. The molecule has 1 aromatic carbocycles. The molecule has 0 aliphatic carbocycles. The van der Waals surface area contributed by atoms with E-state index < -0.39 is 11.5 Å². The number of nitrogens with zero attached hydrogens (tertiary/aromatic N) is 2. The van der Waals surface area contributed by atoms with Crippen LogP contribution >= 0.6 is 0 Å². The highest BCUT2D eigenvalue weighted by atomic mass is 16.2. The summed E-state index contributed by atoms with van der Waals surface area (Å²) in [7, 11) is 0. The summed E-state index contributed by atoms with van der Waals surface area (Å²) in [5.41, 5.74) is 1.10. The molecule has 1 aliphatic heterocycles. The first kappa shape index (κ1) is 19.2. The van der Waals surface area contributed by atoms with Crippen LogP contribution in [-0.4, -0.2) is 45.4 Å². The Balaban J connectivity index is 1.65. The third kappa shape index (κ3) is 3.91. The monoisotopic (exact) mass is 372 g/mol. The third-order valence-corrected chi connectivity index (χ3v) is 5.16. The Kier molecular flexibility index (Phi) is 5.13. The van der Waals surface area contributed by atoms with Crippen LogP contribution in [0.3, 0.4) is 0 Å². The highest BCUT2D eigenvalue weighted by Gasteiger charge is 2.30. The number of imidazole rings is 1. The summed E-state index contributed by atoms with van der Waals surface area (Å²) in [4.78, 5) is 41.8. The number of nitrogens with one attached hydrogen (secondary N) is 2. The predicted octanol–water partition coefficient (Wildman–Crippen LogP) is 2.04. The Hall–Kier alpha value is -2.57. The molecule has 1 saturated heterocycles. The van der Waals surface area contributed by atoms with Gasteiger partial charge in [0.05, 0.1) is 11.0 Å². The number of rotatable bonds is 3. The second-order valence-electron chi connectivity index (χ2n) is 8.32. The van der Waals surface area contributed by atoms with Gasteiger partial charge in [-0.3, -0.25) is 14.2 Å². The Morgan fingerprint density at radius 2 is 1.81 bits per heavy atom. The van der Waals surface area contributed by atoms with Gasteiger partial charge in [0.25, 0.3) is 0 Å². The number of carbonyl (C=O) groups is 2. The van der Waals surface area contributed by atoms with Gasteiger partial charge in [-0.05, 0) is 31.9 Å². The Labute approximate surface area is 158 Å². The first-order chi connectivity index (χ1) is 12.7. The van der Waals surface area contributed by atoms with Crippen molar-refractivity contribution in [2.75, 3.05) is 13.1 Å². The molecule has 1 aromatic heterocycles. The van der Waals surface area contributed by atoms with Crippen LogP contribution in [0.5, 0.6) is 0 Å². The predicted molar refractivity (Wildman–Crippen MR) is 104 cm³/mol. The molecule has 2 heterocycles. The average molecular weight is 372 g/mol.